The van der Waals surface area contributed by atoms with Gasteiger partial charge in [-0.2, -0.15) is 0 Å². The molecule has 9 heteroatoms. The maximum Gasteiger partial charge on any atom is 0.327 e. The van der Waals surface area contributed by atoms with Crippen LogP contribution in [0.5, 0.6) is 0 Å². The van der Waals surface area contributed by atoms with E-state index in [2.05, 4.69) is 0 Å². The number of carboxylic acid groups (broad SMARTS) is 1. The van der Waals surface area contributed by atoms with Gasteiger partial charge in [0.1, 0.15) is 12.1 Å². The van der Waals surface area contributed by atoms with Gasteiger partial charge in [0, 0.05) is 18.6 Å². The average Bonchev–Trinajstić information content (AvgIpc) is 3.06. The molecule has 0 fully saturated rings. The molecule has 0 spiro atoms. The van der Waals surface area contributed by atoms with Crippen molar-refractivity contribution in [2.75, 3.05) is 6.54 Å². The van der Waals surface area contributed by atoms with Crippen molar-refractivity contribution in [2.24, 2.45) is 5.73 Å². The fourth-order valence-corrected chi connectivity index (χ4v) is 3.32. The van der Waals surface area contributed by atoms with E-state index in [0.717, 1.165) is 17.1 Å². The van der Waals surface area contributed by atoms with Crippen LogP contribution in [0.1, 0.15) is 31.7 Å². The Labute approximate surface area is 174 Å². The Hall–Kier alpha value is -3.33. The Balaban J connectivity index is 2.43. The predicted molar refractivity (Wildman–Crippen MR) is 107 cm³/mol. The van der Waals surface area contributed by atoms with Crippen molar-refractivity contribution in [3.8, 4) is 0 Å². The van der Waals surface area contributed by atoms with E-state index in [-0.39, 0.29) is 12.8 Å². The summed E-state index contributed by atoms with van der Waals surface area (Å²) in [6.07, 6.45) is 3.23. The lowest BCUT2D eigenvalue weighted by molar-refractivity contribution is -0.162. The summed E-state index contributed by atoms with van der Waals surface area (Å²) in [5.74, 6) is -4.56. The number of nitrogens with zero attached hydrogens (tertiary/aromatic N) is 2. The minimum Gasteiger partial charge on any atom is -0.480 e. The molecule has 0 saturated heterocycles. The third kappa shape index (κ3) is 5.18. The van der Waals surface area contributed by atoms with Crippen LogP contribution in [-0.4, -0.2) is 63.1 Å². The maximum atomic E-state index is 13.4. The summed E-state index contributed by atoms with van der Waals surface area (Å²) in [4.78, 5) is 63.7. The van der Waals surface area contributed by atoms with E-state index in [9.17, 15) is 29.1 Å². The SMILES string of the molecule is CCCCC(C(=O)N(C(=O)CN)C(Cc1ccccc1)C(=O)O)N1C(=O)C=CC1=O. The molecule has 1 aliphatic rings. The Morgan fingerprint density at radius 3 is 2.20 bits per heavy atom. The number of unbranched alkanes of at least 4 members (excludes halogenated alkanes) is 1. The topological polar surface area (TPSA) is 138 Å². The van der Waals surface area contributed by atoms with Gasteiger partial charge in [0.2, 0.25) is 5.91 Å². The fraction of sp³-hybridized carbons (Fsp3) is 0.381. The van der Waals surface area contributed by atoms with Crippen LogP contribution in [0.25, 0.3) is 0 Å². The zero-order chi connectivity index (χ0) is 22.3. The van der Waals surface area contributed by atoms with E-state index in [1.54, 1.807) is 30.3 Å². The summed E-state index contributed by atoms with van der Waals surface area (Å²) in [6.45, 7) is 1.27. The van der Waals surface area contributed by atoms with Gasteiger partial charge in [-0.05, 0) is 12.0 Å². The molecule has 160 valence electrons. The van der Waals surface area contributed by atoms with Crippen LogP contribution < -0.4 is 5.73 Å². The third-order valence-corrected chi connectivity index (χ3v) is 4.82. The molecule has 2 unspecified atom stereocenters. The first-order valence-corrected chi connectivity index (χ1v) is 9.69. The van der Waals surface area contributed by atoms with Gasteiger partial charge < -0.3 is 10.8 Å². The predicted octanol–water partition coefficient (Wildman–Crippen LogP) is 0.480. The highest BCUT2D eigenvalue weighted by molar-refractivity contribution is 6.16. The normalized spacial score (nSPS) is 15.2. The number of amides is 4. The van der Waals surface area contributed by atoms with Crippen LogP contribution >= 0.6 is 0 Å². The van der Waals surface area contributed by atoms with Gasteiger partial charge >= 0.3 is 5.97 Å². The quantitative estimate of drug-likeness (QED) is 0.530. The second-order valence-corrected chi connectivity index (χ2v) is 6.89. The van der Waals surface area contributed by atoms with Gasteiger partial charge in [-0.1, -0.05) is 50.1 Å². The summed E-state index contributed by atoms with van der Waals surface area (Å²) in [6, 6.07) is 5.72. The molecular formula is C21H25N3O6. The Morgan fingerprint density at radius 1 is 1.10 bits per heavy atom. The van der Waals surface area contributed by atoms with Crippen molar-refractivity contribution < 1.29 is 29.1 Å². The lowest BCUT2D eigenvalue weighted by atomic mass is 10.0. The minimum absolute atomic E-state index is 0.112. The summed E-state index contributed by atoms with van der Waals surface area (Å²) < 4.78 is 0. The van der Waals surface area contributed by atoms with Crippen molar-refractivity contribution in [3.63, 3.8) is 0 Å². The maximum absolute atomic E-state index is 13.4. The minimum atomic E-state index is -1.53. The van der Waals surface area contributed by atoms with E-state index in [1.165, 1.54) is 0 Å². The first kappa shape index (κ1) is 23.0. The Bertz CT molecular complexity index is 834. The number of rotatable bonds is 10. The first-order valence-electron chi connectivity index (χ1n) is 9.69. The monoisotopic (exact) mass is 415 g/mol. The highest BCUT2D eigenvalue weighted by atomic mass is 16.4. The van der Waals surface area contributed by atoms with E-state index < -0.39 is 48.2 Å². The molecule has 0 aliphatic carbocycles. The Morgan fingerprint density at radius 2 is 1.70 bits per heavy atom. The van der Waals surface area contributed by atoms with Crippen LogP contribution in [0, 0.1) is 0 Å². The molecule has 9 nitrogen and oxygen atoms in total. The van der Waals surface area contributed by atoms with Crippen LogP contribution in [0.4, 0.5) is 0 Å². The fourth-order valence-electron chi connectivity index (χ4n) is 3.32. The van der Waals surface area contributed by atoms with Gasteiger partial charge in [-0.25, -0.2) is 4.79 Å². The van der Waals surface area contributed by atoms with Gasteiger partial charge in [0.25, 0.3) is 17.7 Å². The van der Waals surface area contributed by atoms with E-state index in [0.29, 0.717) is 23.3 Å². The third-order valence-electron chi connectivity index (χ3n) is 4.82. The molecule has 1 aliphatic heterocycles. The molecule has 0 aromatic heterocycles. The molecule has 2 rings (SSSR count). The molecule has 1 aromatic rings. The lowest BCUT2D eigenvalue weighted by Crippen LogP contribution is -2.59. The highest BCUT2D eigenvalue weighted by Crippen LogP contribution is 2.20. The van der Waals surface area contributed by atoms with Crippen molar-refractivity contribution in [3.05, 3.63) is 48.0 Å². The number of hydrogen-bond acceptors (Lipinski definition) is 6. The molecule has 30 heavy (non-hydrogen) atoms. The van der Waals surface area contributed by atoms with Gasteiger partial charge in [-0.3, -0.25) is 29.0 Å². The molecule has 0 saturated carbocycles. The number of imide groups is 2. The molecule has 0 radical (unpaired) electrons. The smallest absolute Gasteiger partial charge is 0.327 e. The summed E-state index contributed by atoms with van der Waals surface area (Å²) in [7, 11) is 0. The van der Waals surface area contributed by atoms with Crippen LogP contribution in [0.3, 0.4) is 0 Å². The van der Waals surface area contributed by atoms with Gasteiger partial charge in [0.15, 0.2) is 0 Å². The van der Waals surface area contributed by atoms with Gasteiger partial charge in [-0.15, -0.1) is 0 Å². The largest absolute Gasteiger partial charge is 0.480 e. The standard InChI is InChI=1S/C21H25N3O6/c1-2-3-9-15(23-17(25)10-11-18(23)26)20(28)24(19(27)13-22)16(21(29)30)12-14-7-5-4-6-8-14/h4-8,10-11,15-16H,2-3,9,12-13,22H2,1H3,(H,29,30). The average molecular weight is 415 g/mol. The molecule has 0 bridgehead atoms. The van der Waals surface area contributed by atoms with Crippen LogP contribution in [0.15, 0.2) is 42.5 Å². The lowest BCUT2D eigenvalue weighted by Gasteiger charge is -2.33. The number of aliphatic carboxylic acids is 1. The van der Waals surface area contributed by atoms with E-state index in [1.807, 2.05) is 6.92 Å². The van der Waals surface area contributed by atoms with Crippen molar-refractivity contribution in [2.45, 2.75) is 44.7 Å². The summed E-state index contributed by atoms with van der Waals surface area (Å²) in [5, 5.41) is 9.78. The van der Waals surface area contributed by atoms with Crippen molar-refractivity contribution in [1.82, 2.24) is 9.80 Å². The molecule has 1 aromatic carbocycles. The second kappa shape index (κ2) is 10.4. The zero-order valence-corrected chi connectivity index (χ0v) is 16.7. The van der Waals surface area contributed by atoms with Crippen molar-refractivity contribution >= 4 is 29.6 Å². The van der Waals surface area contributed by atoms with Crippen LogP contribution in [-0.2, 0) is 30.4 Å². The molecule has 1 heterocycles. The molecule has 2 atom stereocenters. The van der Waals surface area contributed by atoms with Crippen LogP contribution in [0.2, 0.25) is 0 Å². The second-order valence-electron chi connectivity index (χ2n) is 6.89. The van der Waals surface area contributed by atoms with Crippen molar-refractivity contribution in [1.29, 1.82) is 0 Å². The highest BCUT2D eigenvalue weighted by Gasteiger charge is 2.43. The summed E-state index contributed by atoms with van der Waals surface area (Å²) in [5.41, 5.74) is 6.06. The summed E-state index contributed by atoms with van der Waals surface area (Å²) >= 11 is 0. The number of carboxylic acids is 1. The first-order chi connectivity index (χ1) is 14.3. The molecule has 4 amide bonds. The molecule has 3 N–H and O–H groups in total. The number of carbonyl (C=O) groups excluding carboxylic acids is 4. The Kier molecular flexibility index (Phi) is 7.99. The number of nitrogens with two attached hydrogens (primary N) is 1. The number of hydrogen-bond donors (Lipinski definition) is 2. The number of benzene rings is 1. The number of carbonyl (C=O) groups is 5. The van der Waals surface area contributed by atoms with Gasteiger partial charge in [0.05, 0.1) is 6.54 Å². The molecular weight excluding hydrogens is 390 g/mol. The van der Waals surface area contributed by atoms with E-state index in [4.69, 9.17) is 5.73 Å². The van der Waals surface area contributed by atoms with E-state index >= 15 is 0 Å². The zero-order valence-electron chi connectivity index (χ0n) is 16.7.